The van der Waals surface area contributed by atoms with Crippen molar-refractivity contribution in [2.75, 3.05) is 32.8 Å². The van der Waals surface area contributed by atoms with Crippen molar-refractivity contribution in [2.45, 2.75) is 25.4 Å². The van der Waals surface area contributed by atoms with Crippen LogP contribution >= 0.6 is 0 Å². The highest BCUT2D eigenvalue weighted by molar-refractivity contribution is 5.35. The predicted octanol–water partition coefficient (Wildman–Crippen LogP) is 3.18. The van der Waals surface area contributed by atoms with Gasteiger partial charge in [-0.25, -0.2) is 0 Å². The molecule has 0 amide bonds. The molecule has 2 rings (SSSR count). The Labute approximate surface area is 128 Å². The van der Waals surface area contributed by atoms with Crippen LogP contribution in [0.3, 0.4) is 0 Å². The Morgan fingerprint density at radius 1 is 1.23 bits per heavy atom. The van der Waals surface area contributed by atoms with Crippen LogP contribution in [0.2, 0.25) is 0 Å². The number of hydrogen-bond donors (Lipinski definition) is 1. The van der Waals surface area contributed by atoms with Crippen molar-refractivity contribution in [1.82, 2.24) is 4.90 Å². The standard InChI is InChI=1S/C16H22F3NO2/c17-16(18,19)14-5-1-2-6-15(14)22-10-4-3-8-20-9-7-13(11-20)12-21/h1-2,5-6,13,21H,3-4,7-12H2. The summed E-state index contributed by atoms with van der Waals surface area (Å²) in [6.45, 7) is 3.32. The Balaban J connectivity index is 1.69. The molecule has 1 N–H and O–H groups in total. The van der Waals surface area contributed by atoms with Crippen LogP contribution in [0, 0.1) is 5.92 Å². The molecule has 0 aliphatic carbocycles. The molecule has 3 nitrogen and oxygen atoms in total. The van der Waals surface area contributed by atoms with Gasteiger partial charge < -0.3 is 14.7 Å². The van der Waals surface area contributed by atoms with Gasteiger partial charge in [0.05, 0.1) is 12.2 Å². The van der Waals surface area contributed by atoms with Gasteiger partial charge in [0.15, 0.2) is 0 Å². The zero-order valence-corrected chi connectivity index (χ0v) is 12.5. The number of rotatable bonds is 7. The quantitative estimate of drug-likeness (QED) is 0.784. The maximum Gasteiger partial charge on any atom is 0.419 e. The molecule has 0 aromatic heterocycles. The van der Waals surface area contributed by atoms with Crippen molar-refractivity contribution < 1.29 is 23.0 Å². The second-order valence-electron chi connectivity index (χ2n) is 5.69. The number of likely N-dealkylation sites (tertiary alicyclic amines) is 1. The molecule has 0 spiro atoms. The van der Waals surface area contributed by atoms with E-state index in [4.69, 9.17) is 9.84 Å². The number of unbranched alkanes of at least 4 members (excludes halogenated alkanes) is 1. The summed E-state index contributed by atoms with van der Waals surface area (Å²) in [5, 5.41) is 9.07. The topological polar surface area (TPSA) is 32.7 Å². The Kier molecular flexibility index (Phi) is 6.08. The van der Waals surface area contributed by atoms with Crippen LogP contribution in [0.1, 0.15) is 24.8 Å². The monoisotopic (exact) mass is 317 g/mol. The first-order valence-corrected chi connectivity index (χ1v) is 7.63. The molecule has 0 saturated carbocycles. The molecule has 1 saturated heterocycles. The average molecular weight is 317 g/mol. The van der Waals surface area contributed by atoms with E-state index in [9.17, 15) is 13.2 Å². The molecule has 6 heteroatoms. The Hall–Kier alpha value is -1.27. The van der Waals surface area contributed by atoms with Crippen LogP contribution in [0.4, 0.5) is 13.2 Å². The summed E-state index contributed by atoms with van der Waals surface area (Å²) in [5.41, 5.74) is -0.722. The van der Waals surface area contributed by atoms with Crippen molar-refractivity contribution in [3.8, 4) is 5.75 Å². The third-order valence-corrected chi connectivity index (χ3v) is 3.95. The number of halogens is 3. The van der Waals surface area contributed by atoms with Crippen LogP contribution in [-0.4, -0.2) is 42.9 Å². The molecular formula is C16H22F3NO2. The van der Waals surface area contributed by atoms with E-state index in [1.54, 1.807) is 6.07 Å². The maximum atomic E-state index is 12.8. The molecule has 1 aromatic carbocycles. The highest BCUT2D eigenvalue weighted by Crippen LogP contribution is 2.35. The number of ether oxygens (including phenoxy) is 1. The summed E-state index contributed by atoms with van der Waals surface area (Å²) in [5.74, 6) is 0.270. The third-order valence-electron chi connectivity index (χ3n) is 3.95. The molecule has 1 heterocycles. The molecule has 1 aliphatic rings. The number of aliphatic hydroxyl groups is 1. The summed E-state index contributed by atoms with van der Waals surface area (Å²) < 4.78 is 43.7. The summed E-state index contributed by atoms with van der Waals surface area (Å²) in [6.07, 6.45) is -1.77. The normalized spacial score (nSPS) is 19.5. The van der Waals surface area contributed by atoms with Crippen LogP contribution < -0.4 is 4.74 Å². The van der Waals surface area contributed by atoms with Crippen molar-refractivity contribution >= 4 is 0 Å². The minimum atomic E-state index is -4.38. The summed E-state index contributed by atoms with van der Waals surface area (Å²) in [6, 6.07) is 5.30. The number of para-hydroxylation sites is 1. The largest absolute Gasteiger partial charge is 0.493 e. The van der Waals surface area contributed by atoms with Gasteiger partial charge in [-0.2, -0.15) is 13.2 Å². The molecule has 0 bridgehead atoms. The Bertz CT molecular complexity index is 465. The number of nitrogens with zero attached hydrogens (tertiary/aromatic N) is 1. The van der Waals surface area contributed by atoms with Gasteiger partial charge in [0.1, 0.15) is 5.75 Å². The number of benzene rings is 1. The van der Waals surface area contributed by atoms with E-state index in [1.807, 2.05) is 0 Å². The van der Waals surface area contributed by atoms with Gasteiger partial charge in [-0.05, 0) is 50.4 Å². The lowest BCUT2D eigenvalue weighted by molar-refractivity contribution is -0.138. The zero-order valence-electron chi connectivity index (χ0n) is 12.5. The van der Waals surface area contributed by atoms with Gasteiger partial charge in [-0.3, -0.25) is 0 Å². The SMILES string of the molecule is OCC1CCN(CCCCOc2ccccc2C(F)(F)F)C1. The fraction of sp³-hybridized carbons (Fsp3) is 0.625. The van der Waals surface area contributed by atoms with E-state index in [2.05, 4.69) is 4.90 Å². The fourth-order valence-corrected chi connectivity index (χ4v) is 2.71. The van der Waals surface area contributed by atoms with Gasteiger partial charge in [-0.1, -0.05) is 12.1 Å². The number of alkyl halides is 3. The highest BCUT2D eigenvalue weighted by Gasteiger charge is 2.33. The minimum absolute atomic E-state index is 0.100. The lowest BCUT2D eigenvalue weighted by atomic mass is 10.1. The first-order chi connectivity index (χ1) is 10.5. The van der Waals surface area contributed by atoms with Gasteiger partial charge in [0, 0.05) is 13.2 Å². The van der Waals surface area contributed by atoms with Crippen LogP contribution in [0.25, 0.3) is 0 Å². The number of aliphatic hydroxyl groups excluding tert-OH is 1. The van der Waals surface area contributed by atoms with Crippen molar-refractivity contribution in [1.29, 1.82) is 0 Å². The average Bonchev–Trinajstić information content (AvgIpc) is 2.94. The first kappa shape index (κ1) is 17.1. The minimum Gasteiger partial charge on any atom is -0.493 e. The molecule has 1 fully saturated rings. The predicted molar refractivity (Wildman–Crippen MR) is 77.8 cm³/mol. The number of hydrogen-bond acceptors (Lipinski definition) is 3. The van der Waals surface area contributed by atoms with Crippen LogP contribution in [0.15, 0.2) is 24.3 Å². The molecular weight excluding hydrogens is 295 g/mol. The maximum absolute atomic E-state index is 12.8. The summed E-state index contributed by atoms with van der Waals surface area (Å²) in [7, 11) is 0. The van der Waals surface area contributed by atoms with E-state index in [0.29, 0.717) is 12.3 Å². The van der Waals surface area contributed by atoms with E-state index in [-0.39, 0.29) is 19.0 Å². The van der Waals surface area contributed by atoms with Crippen LogP contribution in [-0.2, 0) is 6.18 Å². The summed E-state index contributed by atoms with van der Waals surface area (Å²) in [4.78, 5) is 2.28. The second-order valence-corrected chi connectivity index (χ2v) is 5.69. The van der Waals surface area contributed by atoms with Gasteiger partial charge >= 0.3 is 6.18 Å². The van der Waals surface area contributed by atoms with E-state index in [0.717, 1.165) is 38.5 Å². The molecule has 1 aromatic rings. The smallest absolute Gasteiger partial charge is 0.419 e. The van der Waals surface area contributed by atoms with Gasteiger partial charge in [-0.15, -0.1) is 0 Å². The van der Waals surface area contributed by atoms with Crippen molar-refractivity contribution in [3.63, 3.8) is 0 Å². The molecule has 1 atom stereocenters. The Morgan fingerprint density at radius 2 is 2.00 bits per heavy atom. The van der Waals surface area contributed by atoms with E-state index < -0.39 is 11.7 Å². The van der Waals surface area contributed by atoms with Gasteiger partial charge in [0.2, 0.25) is 0 Å². The second kappa shape index (κ2) is 7.83. The fourth-order valence-electron chi connectivity index (χ4n) is 2.71. The highest BCUT2D eigenvalue weighted by atomic mass is 19.4. The van der Waals surface area contributed by atoms with Crippen LogP contribution in [0.5, 0.6) is 5.75 Å². The van der Waals surface area contributed by atoms with Crippen molar-refractivity contribution in [2.24, 2.45) is 5.92 Å². The lowest BCUT2D eigenvalue weighted by Crippen LogP contribution is -2.23. The zero-order chi connectivity index (χ0) is 16.0. The molecule has 22 heavy (non-hydrogen) atoms. The third kappa shape index (κ3) is 4.88. The molecule has 1 unspecified atom stereocenters. The van der Waals surface area contributed by atoms with E-state index >= 15 is 0 Å². The van der Waals surface area contributed by atoms with E-state index in [1.165, 1.54) is 12.1 Å². The van der Waals surface area contributed by atoms with Crippen molar-refractivity contribution in [3.05, 3.63) is 29.8 Å². The van der Waals surface area contributed by atoms with Gasteiger partial charge in [0.25, 0.3) is 0 Å². The Morgan fingerprint density at radius 3 is 2.68 bits per heavy atom. The molecule has 1 aliphatic heterocycles. The first-order valence-electron chi connectivity index (χ1n) is 7.63. The lowest BCUT2D eigenvalue weighted by Gasteiger charge is -2.16. The molecule has 124 valence electrons. The molecule has 0 radical (unpaired) electrons. The summed E-state index contributed by atoms with van der Waals surface area (Å²) >= 11 is 0.